The van der Waals surface area contributed by atoms with E-state index in [4.69, 9.17) is 4.42 Å². The molecule has 0 N–H and O–H groups in total. The Hall–Kier alpha value is -1.76. The van der Waals surface area contributed by atoms with E-state index in [0.29, 0.717) is 0 Å². The van der Waals surface area contributed by atoms with Crippen LogP contribution >= 0.6 is 0 Å². The summed E-state index contributed by atoms with van der Waals surface area (Å²) in [7, 11) is 0. The summed E-state index contributed by atoms with van der Waals surface area (Å²) in [4.78, 5) is 0. The molecule has 0 radical (unpaired) electrons. The lowest BCUT2D eigenvalue weighted by Crippen LogP contribution is -2.20. The molecule has 1 heteroatoms. The standard InChI is InChI=1S/C14H16O/c1-5-9-11-12(10-6-2)14(8-4)15-13(11)7-3/h5-10H,1,4H2,2-3H3/b10-6-,11-9-,13-7+. The Kier molecular flexibility index (Phi) is 3.92. The molecule has 15 heavy (non-hydrogen) atoms. The lowest BCUT2D eigenvalue weighted by atomic mass is 10.1. The van der Waals surface area contributed by atoms with Crippen LogP contribution in [0.1, 0.15) is 25.2 Å². The molecule has 1 heterocycles. The van der Waals surface area contributed by atoms with Gasteiger partial charge in [-0.2, -0.15) is 0 Å². The predicted octanol–water partition coefficient (Wildman–Crippen LogP) is 2.72. The Morgan fingerprint density at radius 3 is 2.40 bits per heavy atom. The Labute approximate surface area is 90.4 Å². The molecule has 0 unspecified atom stereocenters. The van der Waals surface area contributed by atoms with E-state index in [1.807, 2.05) is 38.2 Å². The van der Waals surface area contributed by atoms with Crippen LogP contribution in [0.15, 0.2) is 29.7 Å². The van der Waals surface area contributed by atoms with Crippen molar-refractivity contribution in [1.29, 1.82) is 0 Å². The number of hydrogen-bond acceptors (Lipinski definition) is 1. The molecule has 0 spiro atoms. The Morgan fingerprint density at radius 1 is 1.20 bits per heavy atom. The fourth-order valence-corrected chi connectivity index (χ4v) is 1.49. The molecule has 78 valence electrons. The smallest absolute Gasteiger partial charge is 0.134 e. The van der Waals surface area contributed by atoms with Crippen LogP contribution in [0.5, 0.6) is 0 Å². The summed E-state index contributed by atoms with van der Waals surface area (Å²) in [5.41, 5.74) is 1.92. The van der Waals surface area contributed by atoms with Crippen LogP contribution in [0.3, 0.4) is 0 Å². The first-order valence-electron chi connectivity index (χ1n) is 4.95. The van der Waals surface area contributed by atoms with Gasteiger partial charge >= 0.3 is 0 Å². The molecule has 0 saturated heterocycles. The van der Waals surface area contributed by atoms with E-state index in [0.717, 1.165) is 22.0 Å². The van der Waals surface area contributed by atoms with Crippen molar-refractivity contribution in [3.05, 3.63) is 47.3 Å². The predicted molar refractivity (Wildman–Crippen MR) is 67.6 cm³/mol. The Bertz CT molecular complexity index is 498. The molecular weight excluding hydrogens is 184 g/mol. The molecule has 0 atom stereocenters. The maximum absolute atomic E-state index is 5.65. The third-order valence-corrected chi connectivity index (χ3v) is 2.11. The Morgan fingerprint density at radius 2 is 1.93 bits per heavy atom. The normalized spacial score (nSPS) is 13.7. The molecule has 0 aromatic carbocycles. The molecule has 1 rings (SSSR count). The van der Waals surface area contributed by atoms with Crippen molar-refractivity contribution in [3.63, 3.8) is 0 Å². The van der Waals surface area contributed by atoms with Crippen molar-refractivity contribution >= 4 is 24.3 Å². The quantitative estimate of drug-likeness (QED) is 0.731. The highest BCUT2D eigenvalue weighted by molar-refractivity contribution is 5.63. The van der Waals surface area contributed by atoms with Crippen LogP contribution < -0.4 is 10.6 Å². The summed E-state index contributed by atoms with van der Waals surface area (Å²) in [5.74, 6) is 0.800. The molecular formula is C14H16O. The Balaban J connectivity index is 3.72. The van der Waals surface area contributed by atoms with Crippen LogP contribution in [0, 0.1) is 0 Å². The van der Waals surface area contributed by atoms with Gasteiger partial charge in [-0.05, 0) is 26.0 Å². The molecule has 1 nitrogen and oxygen atoms in total. The van der Waals surface area contributed by atoms with Gasteiger partial charge in [-0.3, -0.25) is 0 Å². The average Bonchev–Trinajstić information content (AvgIpc) is 2.58. The van der Waals surface area contributed by atoms with Crippen LogP contribution in [-0.2, 0) is 0 Å². The van der Waals surface area contributed by atoms with Crippen LogP contribution in [0.4, 0.5) is 0 Å². The van der Waals surface area contributed by atoms with Gasteiger partial charge < -0.3 is 4.42 Å². The van der Waals surface area contributed by atoms with Gasteiger partial charge in [0.1, 0.15) is 11.2 Å². The average molecular weight is 200 g/mol. The topological polar surface area (TPSA) is 13.1 Å². The SMILES string of the molecule is C=C/C=c1/c(/C=C\C)c(C=C)o/c1=C/C. The number of rotatable bonds is 3. The molecule has 0 aliphatic heterocycles. The zero-order chi connectivity index (χ0) is 11.3. The zero-order valence-corrected chi connectivity index (χ0v) is 9.29. The van der Waals surface area contributed by atoms with Gasteiger partial charge in [0.2, 0.25) is 0 Å². The number of furan rings is 1. The fraction of sp³-hybridized carbons (Fsp3) is 0.143. The van der Waals surface area contributed by atoms with Gasteiger partial charge in [-0.25, -0.2) is 0 Å². The molecule has 0 saturated carbocycles. The zero-order valence-electron chi connectivity index (χ0n) is 9.29. The third-order valence-electron chi connectivity index (χ3n) is 2.11. The minimum absolute atomic E-state index is 0.800. The first kappa shape index (κ1) is 11.3. The van der Waals surface area contributed by atoms with Crippen molar-refractivity contribution < 1.29 is 4.42 Å². The summed E-state index contributed by atoms with van der Waals surface area (Å²) in [6.45, 7) is 11.4. The number of hydrogen-bond donors (Lipinski definition) is 0. The van der Waals surface area contributed by atoms with Gasteiger partial charge in [0, 0.05) is 10.8 Å². The minimum Gasteiger partial charge on any atom is -0.456 e. The summed E-state index contributed by atoms with van der Waals surface area (Å²) in [6, 6.07) is 0. The number of allylic oxidation sites excluding steroid dienone is 2. The van der Waals surface area contributed by atoms with Crippen molar-refractivity contribution in [2.45, 2.75) is 13.8 Å². The second-order valence-corrected chi connectivity index (χ2v) is 3.05. The maximum atomic E-state index is 5.65. The highest BCUT2D eigenvalue weighted by atomic mass is 16.3. The molecule has 1 aromatic heterocycles. The maximum Gasteiger partial charge on any atom is 0.134 e. The van der Waals surface area contributed by atoms with Crippen molar-refractivity contribution in [3.8, 4) is 0 Å². The van der Waals surface area contributed by atoms with Gasteiger partial charge in [0.05, 0.1) is 0 Å². The molecule has 0 aliphatic rings. The van der Waals surface area contributed by atoms with E-state index in [1.54, 1.807) is 12.2 Å². The molecule has 1 aromatic rings. The van der Waals surface area contributed by atoms with E-state index < -0.39 is 0 Å². The molecule has 0 fully saturated rings. The first-order chi connectivity index (χ1) is 7.28. The highest BCUT2D eigenvalue weighted by Crippen LogP contribution is 2.06. The van der Waals surface area contributed by atoms with E-state index in [2.05, 4.69) is 13.2 Å². The van der Waals surface area contributed by atoms with Crippen molar-refractivity contribution in [1.82, 2.24) is 0 Å². The van der Waals surface area contributed by atoms with E-state index in [9.17, 15) is 0 Å². The summed E-state index contributed by atoms with van der Waals surface area (Å²) in [5, 5.41) is 1.06. The van der Waals surface area contributed by atoms with Gasteiger partial charge in [0.25, 0.3) is 0 Å². The third kappa shape index (κ3) is 2.18. The van der Waals surface area contributed by atoms with Crippen LogP contribution in [-0.4, -0.2) is 0 Å². The molecule has 0 amide bonds. The van der Waals surface area contributed by atoms with E-state index in [1.165, 1.54) is 0 Å². The van der Waals surface area contributed by atoms with Crippen molar-refractivity contribution in [2.24, 2.45) is 0 Å². The monoisotopic (exact) mass is 200 g/mol. The molecule has 0 bridgehead atoms. The second kappa shape index (κ2) is 5.20. The van der Waals surface area contributed by atoms with Gasteiger partial charge in [-0.15, -0.1) is 0 Å². The summed E-state index contributed by atoms with van der Waals surface area (Å²) >= 11 is 0. The lowest BCUT2D eigenvalue weighted by Gasteiger charge is -1.87. The van der Waals surface area contributed by atoms with Crippen LogP contribution in [0.25, 0.3) is 24.3 Å². The second-order valence-electron chi connectivity index (χ2n) is 3.05. The largest absolute Gasteiger partial charge is 0.456 e. The molecule has 0 aliphatic carbocycles. The van der Waals surface area contributed by atoms with E-state index in [-0.39, 0.29) is 0 Å². The van der Waals surface area contributed by atoms with Gasteiger partial charge in [-0.1, -0.05) is 37.5 Å². The fourth-order valence-electron chi connectivity index (χ4n) is 1.49. The summed E-state index contributed by atoms with van der Waals surface area (Å²) < 4.78 is 5.65. The minimum atomic E-state index is 0.800. The first-order valence-corrected chi connectivity index (χ1v) is 4.95. The summed E-state index contributed by atoms with van der Waals surface area (Å²) in [6.07, 6.45) is 11.4. The van der Waals surface area contributed by atoms with Crippen molar-refractivity contribution in [2.75, 3.05) is 0 Å². The van der Waals surface area contributed by atoms with E-state index >= 15 is 0 Å². The highest BCUT2D eigenvalue weighted by Gasteiger charge is 2.04. The lowest BCUT2D eigenvalue weighted by molar-refractivity contribution is 0.521. The van der Waals surface area contributed by atoms with Gasteiger partial charge in [0.15, 0.2) is 0 Å². The van der Waals surface area contributed by atoms with Crippen LogP contribution in [0.2, 0.25) is 0 Å².